The molecule has 1 aliphatic heterocycles. The molecule has 1 unspecified atom stereocenters. The number of likely N-dealkylation sites (tertiary alicyclic amines) is 1. The molecule has 1 fully saturated rings. The van der Waals surface area contributed by atoms with Gasteiger partial charge in [0, 0.05) is 19.3 Å². The zero-order valence-corrected chi connectivity index (χ0v) is 18.4. The van der Waals surface area contributed by atoms with Crippen molar-refractivity contribution in [3.05, 3.63) is 29.8 Å². The highest BCUT2D eigenvalue weighted by molar-refractivity contribution is 7.90. The number of carbonyl (C=O) groups excluding carboxylic acids is 1. The molecule has 160 valence electrons. The minimum Gasteiger partial charge on any atom is -0.494 e. The number of ether oxygens (including phenoxy) is 1. The highest BCUT2D eigenvalue weighted by atomic mass is 35.5. The van der Waals surface area contributed by atoms with Crippen LogP contribution in [0.1, 0.15) is 38.2 Å². The van der Waals surface area contributed by atoms with Crippen molar-refractivity contribution in [3.63, 3.8) is 0 Å². The van der Waals surface area contributed by atoms with Gasteiger partial charge in [-0.2, -0.15) is 0 Å². The van der Waals surface area contributed by atoms with E-state index in [4.69, 9.17) is 10.5 Å². The summed E-state index contributed by atoms with van der Waals surface area (Å²) in [4.78, 5) is 14.2. The molecule has 28 heavy (non-hydrogen) atoms. The lowest BCUT2D eigenvalue weighted by molar-refractivity contribution is -0.134. The van der Waals surface area contributed by atoms with E-state index in [0.29, 0.717) is 25.6 Å². The second kappa shape index (κ2) is 11.6. The van der Waals surface area contributed by atoms with Gasteiger partial charge in [0.2, 0.25) is 5.91 Å². The minimum atomic E-state index is -3.09. The fourth-order valence-electron chi connectivity index (χ4n) is 3.43. The molecule has 0 spiro atoms. The molecule has 1 aliphatic rings. The molecule has 0 saturated carbocycles. The van der Waals surface area contributed by atoms with Gasteiger partial charge in [-0.1, -0.05) is 12.1 Å². The maximum absolute atomic E-state index is 12.4. The van der Waals surface area contributed by atoms with E-state index >= 15 is 0 Å². The number of benzene rings is 1. The molecule has 0 aliphatic carbocycles. The predicted octanol–water partition coefficient (Wildman–Crippen LogP) is 2.44. The SMILES string of the molecule is CCOc1ccc(CCC2CCN(C(=O)C(N)CCS(C)(=O)=O)CC2)cc1.Cl. The smallest absolute Gasteiger partial charge is 0.239 e. The Morgan fingerprint density at radius 3 is 2.39 bits per heavy atom. The molecule has 6 nitrogen and oxygen atoms in total. The van der Waals surface area contributed by atoms with Crippen LogP contribution in [0.25, 0.3) is 0 Å². The number of amides is 1. The van der Waals surface area contributed by atoms with Crippen LogP contribution in [0.2, 0.25) is 0 Å². The van der Waals surface area contributed by atoms with Crippen molar-refractivity contribution >= 4 is 28.2 Å². The first kappa shape index (κ1) is 24.7. The largest absolute Gasteiger partial charge is 0.494 e. The molecule has 0 aromatic heterocycles. The fraction of sp³-hybridized carbons (Fsp3) is 0.650. The Labute approximate surface area is 175 Å². The molecular formula is C20H33ClN2O4S. The number of piperidine rings is 1. The summed E-state index contributed by atoms with van der Waals surface area (Å²) in [5.41, 5.74) is 7.20. The van der Waals surface area contributed by atoms with Crippen LogP contribution in [-0.2, 0) is 21.1 Å². The fourth-order valence-corrected chi connectivity index (χ4v) is 4.11. The number of nitrogens with zero attached hydrogens (tertiary/aromatic N) is 1. The predicted molar refractivity (Wildman–Crippen MR) is 115 cm³/mol. The van der Waals surface area contributed by atoms with Crippen molar-refractivity contribution in [1.29, 1.82) is 0 Å². The molecule has 1 aromatic rings. The van der Waals surface area contributed by atoms with E-state index in [0.717, 1.165) is 31.4 Å². The standard InChI is InChI=1S/C20H32N2O4S.ClH/c1-3-26-18-8-6-16(7-9-18)4-5-17-10-13-22(14-11-17)20(23)19(21)12-15-27(2,24)25;/h6-9,17,19H,3-5,10-15,21H2,1-2H3;1H. The summed E-state index contributed by atoms with van der Waals surface area (Å²) in [7, 11) is -3.09. The molecule has 1 aromatic carbocycles. The van der Waals surface area contributed by atoms with Gasteiger partial charge < -0.3 is 15.4 Å². The van der Waals surface area contributed by atoms with Crippen molar-refractivity contribution in [2.75, 3.05) is 31.7 Å². The second-order valence-corrected chi connectivity index (χ2v) is 9.67. The topological polar surface area (TPSA) is 89.7 Å². The van der Waals surface area contributed by atoms with Crippen LogP contribution in [-0.4, -0.2) is 57.0 Å². The first-order valence-corrected chi connectivity index (χ1v) is 11.8. The van der Waals surface area contributed by atoms with Crippen molar-refractivity contribution in [2.45, 2.75) is 45.1 Å². The summed E-state index contributed by atoms with van der Waals surface area (Å²) in [5.74, 6) is 1.34. The van der Waals surface area contributed by atoms with E-state index in [9.17, 15) is 13.2 Å². The van der Waals surface area contributed by atoms with Crippen molar-refractivity contribution in [3.8, 4) is 5.75 Å². The number of hydrogen-bond acceptors (Lipinski definition) is 5. The lowest BCUT2D eigenvalue weighted by Crippen LogP contribution is -2.47. The highest BCUT2D eigenvalue weighted by Gasteiger charge is 2.26. The molecule has 2 rings (SSSR count). The van der Waals surface area contributed by atoms with E-state index in [1.165, 1.54) is 11.8 Å². The molecule has 1 heterocycles. The van der Waals surface area contributed by atoms with E-state index in [1.54, 1.807) is 4.90 Å². The first-order chi connectivity index (χ1) is 12.8. The van der Waals surface area contributed by atoms with Crippen molar-refractivity contribution < 1.29 is 17.9 Å². The van der Waals surface area contributed by atoms with Gasteiger partial charge >= 0.3 is 0 Å². The summed E-state index contributed by atoms with van der Waals surface area (Å²) in [6.07, 6.45) is 5.44. The van der Waals surface area contributed by atoms with Gasteiger partial charge in [-0.25, -0.2) is 8.42 Å². The molecule has 2 N–H and O–H groups in total. The average molecular weight is 433 g/mol. The van der Waals surface area contributed by atoms with Crippen molar-refractivity contribution in [1.82, 2.24) is 4.90 Å². The van der Waals surface area contributed by atoms with Crippen LogP contribution in [0.15, 0.2) is 24.3 Å². The first-order valence-electron chi connectivity index (χ1n) is 9.72. The monoisotopic (exact) mass is 432 g/mol. The summed E-state index contributed by atoms with van der Waals surface area (Å²) in [6.45, 7) is 4.07. The van der Waals surface area contributed by atoms with Crippen molar-refractivity contribution in [2.24, 2.45) is 11.7 Å². The van der Waals surface area contributed by atoms with Gasteiger partial charge in [-0.3, -0.25) is 4.79 Å². The summed E-state index contributed by atoms with van der Waals surface area (Å²) in [6, 6.07) is 7.53. The maximum atomic E-state index is 12.4. The molecular weight excluding hydrogens is 400 g/mol. The van der Waals surface area contributed by atoms with Crippen LogP contribution in [0.5, 0.6) is 5.75 Å². The number of aryl methyl sites for hydroxylation is 1. The average Bonchev–Trinajstić information content (AvgIpc) is 2.65. The Morgan fingerprint density at radius 1 is 1.25 bits per heavy atom. The number of rotatable bonds is 9. The second-order valence-electron chi connectivity index (χ2n) is 7.41. The van der Waals surface area contributed by atoms with E-state index in [-0.39, 0.29) is 30.5 Å². The van der Waals surface area contributed by atoms with Gasteiger partial charge in [0.15, 0.2) is 0 Å². The molecule has 0 radical (unpaired) electrons. The lowest BCUT2D eigenvalue weighted by Gasteiger charge is -2.33. The molecule has 1 saturated heterocycles. The zero-order valence-electron chi connectivity index (χ0n) is 16.8. The van der Waals surface area contributed by atoms with Gasteiger partial charge in [0.1, 0.15) is 15.6 Å². The normalized spacial score (nSPS) is 16.3. The Bertz CT molecular complexity index is 701. The lowest BCUT2D eigenvalue weighted by atomic mass is 9.90. The van der Waals surface area contributed by atoms with E-state index in [1.807, 2.05) is 19.1 Å². The summed E-state index contributed by atoms with van der Waals surface area (Å²) < 4.78 is 27.9. The molecule has 8 heteroatoms. The third-order valence-electron chi connectivity index (χ3n) is 5.12. The minimum absolute atomic E-state index is 0. The molecule has 0 bridgehead atoms. The van der Waals surface area contributed by atoms with Crippen LogP contribution in [0, 0.1) is 5.92 Å². The molecule has 1 amide bonds. The number of nitrogens with two attached hydrogens (primary N) is 1. The third-order valence-corrected chi connectivity index (χ3v) is 6.10. The number of halogens is 1. The third kappa shape index (κ3) is 8.37. The molecule has 1 atom stereocenters. The number of hydrogen-bond donors (Lipinski definition) is 1. The highest BCUT2D eigenvalue weighted by Crippen LogP contribution is 2.23. The zero-order chi connectivity index (χ0) is 19.9. The van der Waals surface area contributed by atoms with E-state index < -0.39 is 15.9 Å². The Balaban J connectivity index is 0.00000392. The van der Waals surface area contributed by atoms with Crippen LogP contribution in [0.3, 0.4) is 0 Å². The maximum Gasteiger partial charge on any atom is 0.239 e. The summed E-state index contributed by atoms with van der Waals surface area (Å²) in [5, 5.41) is 0. The van der Waals surface area contributed by atoms with Crippen LogP contribution >= 0.6 is 12.4 Å². The Hall–Kier alpha value is -1.31. The van der Waals surface area contributed by atoms with Crippen LogP contribution < -0.4 is 10.5 Å². The Kier molecular flexibility index (Phi) is 10.3. The number of sulfone groups is 1. The van der Waals surface area contributed by atoms with Crippen LogP contribution in [0.4, 0.5) is 0 Å². The van der Waals surface area contributed by atoms with Gasteiger partial charge in [-0.15, -0.1) is 12.4 Å². The van der Waals surface area contributed by atoms with E-state index in [2.05, 4.69) is 12.1 Å². The summed E-state index contributed by atoms with van der Waals surface area (Å²) >= 11 is 0. The van der Waals surface area contributed by atoms with Gasteiger partial charge in [-0.05, 0) is 62.6 Å². The van der Waals surface area contributed by atoms with Gasteiger partial charge in [0.25, 0.3) is 0 Å². The van der Waals surface area contributed by atoms with Gasteiger partial charge in [0.05, 0.1) is 18.4 Å². The number of carbonyl (C=O) groups is 1. The Morgan fingerprint density at radius 2 is 1.86 bits per heavy atom. The quantitative estimate of drug-likeness (QED) is 0.647.